The summed E-state index contributed by atoms with van der Waals surface area (Å²) in [6.07, 6.45) is 0.996. The molecule has 0 spiro atoms. The first kappa shape index (κ1) is 22.3. The second-order valence-electron chi connectivity index (χ2n) is 7.41. The van der Waals surface area contributed by atoms with Crippen LogP contribution in [-0.4, -0.2) is 71.0 Å². The number of esters is 1. The summed E-state index contributed by atoms with van der Waals surface area (Å²) in [4.78, 5) is 33.6. The number of thiazole rings is 1. The summed E-state index contributed by atoms with van der Waals surface area (Å²) in [6.45, 7) is 3.09. The predicted molar refractivity (Wildman–Crippen MR) is 107 cm³/mol. The largest absolute Gasteiger partial charge is 0.481 e. The zero-order valence-corrected chi connectivity index (χ0v) is 17.5. The third-order valence-corrected chi connectivity index (χ3v) is 5.89. The molecule has 0 aromatic carbocycles. The number of nitrogens with zero attached hydrogens (tertiary/aromatic N) is 3. The van der Waals surface area contributed by atoms with E-state index in [2.05, 4.69) is 15.3 Å². The van der Waals surface area contributed by atoms with Crippen molar-refractivity contribution in [2.24, 2.45) is 10.9 Å². The topological polar surface area (TPSA) is 104 Å². The first-order valence-corrected chi connectivity index (χ1v) is 10.5. The molecule has 2 aliphatic rings. The highest BCUT2D eigenvalue weighted by Gasteiger charge is 2.47. The van der Waals surface area contributed by atoms with Crippen molar-refractivity contribution in [3.8, 4) is 0 Å². The van der Waals surface area contributed by atoms with Crippen LogP contribution >= 0.6 is 11.3 Å². The maximum atomic E-state index is 14.2. The normalized spacial score (nSPS) is 22.4. The van der Waals surface area contributed by atoms with Crippen molar-refractivity contribution in [2.75, 3.05) is 26.2 Å². The zero-order chi connectivity index (χ0) is 21.9. The quantitative estimate of drug-likeness (QED) is 0.595. The molecule has 0 amide bonds. The molecule has 2 atom stereocenters. The van der Waals surface area contributed by atoms with Crippen molar-refractivity contribution < 1.29 is 28.2 Å². The summed E-state index contributed by atoms with van der Waals surface area (Å²) in [6, 6.07) is -0.629. The number of ether oxygens (including phenoxy) is 1. The number of likely N-dealkylation sites (tertiary alicyclic amines) is 1. The Kier molecular flexibility index (Phi) is 6.81. The van der Waals surface area contributed by atoms with Crippen LogP contribution in [0, 0.1) is 5.92 Å². The van der Waals surface area contributed by atoms with Gasteiger partial charge in [0, 0.05) is 42.7 Å². The fraction of sp³-hybridized carbons (Fsp3) is 0.579. The summed E-state index contributed by atoms with van der Waals surface area (Å²) in [7, 11) is 0. The van der Waals surface area contributed by atoms with Crippen molar-refractivity contribution in [3.63, 3.8) is 0 Å². The first-order chi connectivity index (χ1) is 14.2. The molecule has 11 heteroatoms. The lowest BCUT2D eigenvalue weighted by atomic mass is 9.95. The van der Waals surface area contributed by atoms with E-state index in [1.54, 1.807) is 30.3 Å². The van der Waals surface area contributed by atoms with Crippen LogP contribution in [0.5, 0.6) is 0 Å². The number of alkyl halides is 2. The van der Waals surface area contributed by atoms with Crippen LogP contribution in [0.25, 0.3) is 0 Å². The molecule has 0 radical (unpaired) electrons. The van der Waals surface area contributed by atoms with Gasteiger partial charge in [-0.05, 0) is 12.8 Å². The number of halogens is 2. The van der Waals surface area contributed by atoms with Crippen LogP contribution in [0.3, 0.4) is 0 Å². The third kappa shape index (κ3) is 5.20. The molecule has 2 unspecified atom stereocenters. The Balaban J connectivity index is 1.86. The van der Waals surface area contributed by atoms with Crippen LogP contribution < -0.4 is 5.32 Å². The van der Waals surface area contributed by atoms with E-state index in [4.69, 9.17) is 9.84 Å². The summed E-state index contributed by atoms with van der Waals surface area (Å²) in [5.41, 5.74) is 0.705. The molecule has 0 aliphatic carbocycles. The molecule has 1 aromatic heterocycles. The van der Waals surface area contributed by atoms with Crippen LogP contribution in [-0.2, 0) is 14.3 Å². The van der Waals surface area contributed by atoms with E-state index in [1.807, 2.05) is 0 Å². The second-order valence-corrected chi connectivity index (χ2v) is 8.31. The highest BCUT2D eigenvalue weighted by molar-refractivity contribution is 7.11. The van der Waals surface area contributed by atoms with Gasteiger partial charge in [0.15, 0.2) is 10.8 Å². The molecular weight excluding hydrogens is 418 g/mol. The smallest absolute Gasteiger partial charge is 0.337 e. The standard InChI is InChI=1S/C19H24F2N4O4S/c1-3-29-18(28)12-8-23-16(17-22-4-5-30-17)24-13(12)9-25-10-19(20,21)7-14(25)11(2)6-15(26)27/h4-5,11,14H,3,6-10H2,1-2H3,(H,23,24)(H,26,27). The average molecular weight is 442 g/mol. The maximum absolute atomic E-state index is 14.2. The molecule has 3 heterocycles. The maximum Gasteiger partial charge on any atom is 0.337 e. The predicted octanol–water partition coefficient (Wildman–Crippen LogP) is 2.13. The van der Waals surface area contributed by atoms with Crippen LogP contribution in [0.4, 0.5) is 8.78 Å². The number of carbonyl (C=O) groups is 2. The van der Waals surface area contributed by atoms with Gasteiger partial charge in [-0.25, -0.2) is 18.6 Å². The van der Waals surface area contributed by atoms with Gasteiger partial charge in [-0.2, -0.15) is 0 Å². The minimum absolute atomic E-state index is 0.0305. The monoisotopic (exact) mass is 442 g/mol. The number of hydrogen-bond acceptors (Lipinski definition) is 8. The number of aliphatic imine (C=N–C) groups is 1. The van der Waals surface area contributed by atoms with Crippen LogP contribution in [0.15, 0.2) is 27.8 Å². The molecule has 1 saturated heterocycles. The molecule has 1 fully saturated rings. The van der Waals surface area contributed by atoms with Crippen LogP contribution in [0.1, 0.15) is 31.7 Å². The SMILES string of the molecule is CCOC(=O)C1=C(CN2CC(F)(F)CC2C(C)CC(=O)O)NC(c2nccs2)=NC1. The van der Waals surface area contributed by atoms with Crippen molar-refractivity contribution in [3.05, 3.63) is 27.9 Å². The van der Waals surface area contributed by atoms with Crippen molar-refractivity contribution in [1.29, 1.82) is 0 Å². The van der Waals surface area contributed by atoms with Gasteiger partial charge in [0.1, 0.15) is 0 Å². The number of amidine groups is 1. The fourth-order valence-corrected chi connectivity index (χ4v) is 4.38. The minimum Gasteiger partial charge on any atom is -0.481 e. The van der Waals surface area contributed by atoms with Gasteiger partial charge in [0.2, 0.25) is 0 Å². The summed E-state index contributed by atoms with van der Waals surface area (Å²) < 4.78 is 33.6. The summed E-state index contributed by atoms with van der Waals surface area (Å²) >= 11 is 1.36. The average Bonchev–Trinajstić information content (AvgIpc) is 3.29. The molecule has 30 heavy (non-hydrogen) atoms. The van der Waals surface area contributed by atoms with E-state index >= 15 is 0 Å². The Hall–Kier alpha value is -2.40. The number of carboxylic acids is 1. The van der Waals surface area contributed by atoms with E-state index in [9.17, 15) is 18.4 Å². The first-order valence-electron chi connectivity index (χ1n) is 9.64. The van der Waals surface area contributed by atoms with Gasteiger partial charge in [-0.3, -0.25) is 14.7 Å². The number of rotatable bonds is 8. The van der Waals surface area contributed by atoms with E-state index in [0.717, 1.165) is 0 Å². The highest BCUT2D eigenvalue weighted by Crippen LogP contribution is 2.37. The molecule has 3 rings (SSSR count). The molecule has 1 aromatic rings. The molecular formula is C19H24F2N4O4S. The molecule has 2 N–H and O–H groups in total. The Morgan fingerprint density at radius 1 is 1.50 bits per heavy atom. The van der Waals surface area contributed by atoms with Gasteiger partial charge in [0.05, 0.1) is 25.3 Å². The summed E-state index contributed by atoms with van der Waals surface area (Å²) in [5, 5.41) is 14.6. The van der Waals surface area contributed by atoms with Crippen LogP contribution in [0.2, 0.25) is 0 Å². The van der Waals surface area contributed by atoms with Gasteiger partial charge in [0.25, 0.3) is 5.92 Å². The Labute approximate surface area is 176 Å². The highest BCUT2D eigenvalue weighted by atomic mass is 32.1. The van der Waals surface area contributed by atoms with E-state index in [-0.39, 0.29) is 31.7 Å². The molecule has 0 saturated carbocycles. The van der Waals surface area contributed by atoms with Gasteiger partial charge in [-0.15, -0.1) is 11.3 Å². The number of hydrogen-bond donors (Lipinski definition) is 2. The minimum atomic E-state index is -2.93. The third-order valence-electron chi connectivity index (χ3n) is 5.11. The lowest BCUT2D eigenvalue weighted by Gasteiger charge is -2.30. The lowest BCUT2D eigenvalue weighted by Crippen LogP contribution is -2.42. The molecule has 0 bridgehead atoms. The Morgan fingerprint density at radius 3 is 2.90 bits per heavy atom. The number of carboxylic acid groups (broad SMARTS) is 1. The van der Waals surface area contributed by atoms with Gasteiger partial charge >= 0.3 is 11.9 Å². The van der Waals surface area contributed by atoms with E-state index < -0.39 is 42.8 Å². The number of aliphatic carboxylic acids is 1. The van der Waals surface area contributed by atoms with Crippen molar-refractivity contribution >= 4 is 29.1 Å². The number of carbonyl (C=O) groups excluding carboxylic acids is 1. The molecule has 8 nitrogen and oxygen atoms in total. The summed E-state index contributed by atoms with van der Waals surface area (Å²) in [5.74, 6) is -4.52. The Bertz CT molecular complexity index is 857. The van der Waals surface area contributed by atoms with Gasteiger partial charge in [-0.1, -0.05) is 6.92 Å². The second kappa shape index (κ2) is 9.17. The van der Waals surface area contributed by atoms with Crippen molar-refractivity contribution in [2.45, 2.75) is 38.7 Å². The number of aromatic nitrogens is 1. The van der Waals surface area contributed by atoms with Gasteiger partial charge < -0.3 is 15.2 Å². The van der Waals surface area contributed by atoms with Crippen molar-refractivity contribution in [1.82, 2.24) is 15.2 Å². The zero-order valence-electron chi connectivity index (χ0n) is 16.7. The molecule has 164 valence electrons. The Morgan fingerprint density at radius 2 is 2.27 bits per heavy atom. The van der Waals surface area contributed by atoms with E-state index in [1.165, 1.54) is 11.3 Å². The lowest BCUT2D eigenvalue weighted by molar-refractivity contribution is -0.139. The fourth-order valence-electron chi connectivity index (χ4n) is 3.78. The molecule has 2 aliphatic heterocycles. The van der Waals surface area contributed by atoms with E-state index in [0.29, 0.717) is 16.5 Å². The number of nitrogens with one attached hydrogen (secondary N) is 1.